The highest BCUT2D eigenvalue weighted by Gasteiger charge is 2.38. The van der Waals surface area contributed by atoms with Crippen LogP contribution in [-0.4, -0.2) is 64.5 Å². The van der Waals surface area contributed by atoms with E-state index in [1.165, 1.54) is 11.3 Å². The van der Waals surface area contributed by atoms with Gasteiger partial charge in [-0.1, -0.05) is 11.6 Å². The Morgan fingerprint density at radius 3 is 2.79 bits per heavy atom. The van der Waals surface area contributed by atoms with Gasteiger partial charge in [0, 0.05) is 48.7 Å². The van der Waals surface area contributed by atoms with Crippen LogP contribution in [0.4, 0.5) is 11.8 Å². The van der Waals surface area contributed by atoms with E-state index in [9.17, 15) is 5.11 Å². The summed E-state index contributed by atoms with van der Waals surface area (Å²) in [7, 11) is 0. The van der Waals surface area contributed by atoms with Gasteiger partial charge in [0.1, 0.15) is 5.82 Å². The Kier molecular flexibility index (Phi) is 5.24. The zero-order valence-electron chi connectivity index (χ0n) is 16.5. The molecule has 152 valence electrons. The number of hydrogen-bond donors (Lipinski definition) is 2. The number of nitrogens with two attached hydrogens (primary N) is 1. The average molecular weight is 406 g/mol. The van der Waals surface area contributed by atoms with Crippen molar-refractivity contribution in [2.45, 2.75) is 44.8 Å². The van der Waals surface area contributed by atoms with Crippen LogP contribution in [0, 0.1) is 6.92 Å². The zero-order chi connectivity index (χ0) is 19.9. The lowest BCUT2D eigenvalue weighted by Crippen LogP contribution is -2.59. The van der Waals surface area contributed by atoms with Gasteiger partial charge in [-0.3, -0.25) is 0 Å². The summed E-state index contributed by atoms with van der Waals surface area (Å²) in [6, 6.07) is 2.00. The normalized spacial score (nSPS) is 25.3. The molecule has 1 atom stereocenters. The lowest BCUT2D eigenvalue weighted by Gasteiger charge is -2.48. The van der Waals surface area contributed by atoms with Crippen LogP contribution >= 0.6 is 11.6 Å². The summed E-state index contributed by atoms with van der Waals surface area (Å²) in [6.45, 7) is 7.25. The number of anilines is 2. The number of β-amino-alcohol motifs (C(OH)–C–C–N with tert-alkyl or cyclic N) is 1. The van der Waals surface area contributed by atoms with Crippen molar-refractivity contribution in [3.05, 3.63) is 34.1 Å². The lowest BCUT2D eigenvalue weighted by molar-refractivity contribution is -0.0680. The minimum absolute atomic E-state index is 0.0287. The van der Waals surface area contributed by atoms with E-state index < -0.39 is 5.60 Å². The Balaban J connectivity index is 1.62. The SMILES string of the molecule is Cc1cc(N2CCCOC[C@@H]2C2=C(Cl)C=C(N3CC(C)(O)C3)CC2)nc(N)n1. The van der Waals surface area contributed by atoms with Gasteiger partial charge >= 0.3 is 0 Å². The van der Waals surface area contributed by atoms with Crippen LogP contribution in [-0.2, 0) is 4.74 Å². The Bertz CT molecular complexity index is 795. The predicted octanol–water partition coefficient (Wildman–Crippen LogP) is 2.20. The minimum atomic E-state index is -0.589. The first-order chi connectivity index (χ1) is 13.3. The third-order valence-electron chi connectivity index (χ3n) is 5.61. The first-order valence-electron chi connectivity index (χ1n) is 9.84. The van der Waals surface area contributed by atoms with Crippen molar-refractivity contribution in [1.29, 1.82) is 0 Å². The van der Waals surface area contributed by atoms with E-state index in [1.807, 2.05) is 19.9 Å². The van der Waals surface area contributed by atoms with Crippen molar-refractivity contribution in [3.8, 4) is 0 Å². The highest BCUT2D eigenvalue weighted by Crippen LogP contribution is 2.37. The number of hydrogen-bond acceptors (Lipinski definition) is 7. The highest BCUT2D eigenvalue weighted by atomic mass is 35.5. The molecule has 4 rings (SSSR count). The molecule has 0 saturated carbocycles. The molecule has 0 radical (unpaired) electrons. The van der Waals surface area contributed by atoms with Crippen LogP contribution in [0.2, 0.25) is 0 Å². The van der Waals surface area contributed by atoms with Crippen molar-refractivity contribution in [1.82, 2.24) is 14.9 Å². The van der Waals surface area contributed by atoms with Crippen LogP contribution in [0.5, 0.6) is 0 Å². The molecular weight excluding hydrogens is 378 g/mol. The van der Waals surface area contributed by atoms with Gasteiger partial charge in [-0.2, -0.15) is 4.98 Å². The molecule has 28 heavy (non-hydrogen) atoms. The number of allylic oxidation sites excluding steroid dienone is 3. The molecule has 1 aromatic heterocycles. The second kappa shape index (κ2) is 7.54. The maximum Gasteiger partial charge on any atom is 0.222 e. The van der Waals surface area contributed by atoms with E-state index in [-0.39, 0.29) is 12.0 Å². The predicted molar refractivity (Wildman–Crippen MR) is 110 cm³/mol. The second-order valence-electron chi connectivity index (χ2n) is 8.23. The highest BCUT2D eigenvalue weighted by molar-refractivity contribution is 6.31. The van der Waals surface area contributed by atoms with Gasteiger partial charge in [-0.15, -0.1) is 0 Å². The lowest BCUT2D eigenvalue weighted by atomic mass is 9.90. The Morgan fingerprint density at radius 1 is 1.32 bits per heavy atom. The van der Waals surface area contributed by atoms with Gasteiger partial charge in [-0.05, 0) is 44.8 Å². The van der Waals surface area contributed by atoms with Crippen molar-refractivity contribution in [2.75, 3.05) is 43.5 Å². The Morgan fingerprint density at radius 2 is 2.11 bits per heavy atom. The maximum absolute atomic E-state index is 10.0. The van der Waals surface area contributed by atoms with Crippen LogP contribution in [0.25, 0.3) is 0 Å². The molecule has 3 aliphatic rings. The van der Waals surface area contributed by atoms with Gasteiger partial charge in [0.2, 0.25) is 5.95 Å². The fraction of sp³-hybridized carbons (Fsp3) is 0.600. The van der Waals surface area contributed by atoms with Crippen LogP contribution in [0.3, 0.4) is 0 Å². The number of halogens is 1. The van der Waals surface area contributed by atoms with Gasteiger partial charge in [0.15, 0.2) is 0 Å². The fourth-order valence-corrected chi connectivity index (χ4v) is 4.66. The van der Waals surface area contributed by atoms with Gasteiger partial charge in [0.05, 0.1) is 18.2 Å². The Hall–Kier alpha value is -1.83. The van der Waals surface area contributed by atoms with E-state index in [0.29, 0.717) is 19.7 Å². The summed E-state index contributed by atoms with van der Waals surface area (Å²) in [5.41, 5.74) is 8.53. The molecule has 0 amide bonds. The summed E-state index contributed by atoms with van der Waals surface area (Å²) >= 11 is 6.75. The van der Waals surface area contributed by atoms with E-state index in [4.69, 9.17) is 22.1 Å². The van der Waals surface area contributed by atoms with E-state index in [0.717, 1.165) is 49.0 Å². The largest absolute Gasteiger partial charge is 0.386 e. The number of aliphatic hydroxyl groups is 1. The molecule has 7 nitrogen and oxygen atoms in total. The number of aromatic nitrogens is 2. The molecule has 0 spiro atoms. The third-order valence-corrected chi connectivity index (χ3v) is 5.97. The van der Waals surface area contributed by atoms with E-state index in [1.54, 1.807) is 0 Å². The van der Waals surface area contributed by atoms with Crippen molar-refractivity contribution in [2.24, 2.45) is 0 Å². The molecule has 1 aliphatic carbocycles. The number of nitrogen functional groups attached to an aromatic ring is 1. The molecule has 3 heterocycles. The average Bonchev–Trinajstić information content (AvgIpc) is 2.84. The molecule has 1 aromatic rings. The van der Waals surface area contributed by atoms with Gasteiger partial charge < -0.3 is 25.4 Å². The molecule has 2 aliphatic heterocycles. The molecule has 0 unspecified atom stereocenters. The third kappa shape index (κ3) is 3.97. The number of likely N-dealkylation sites (tertiary alicyclic amines) is 1. The molecule has 8 heteroatoms. The summed E-state index contributed by atoms with van der Waals surface area (Å²) < 4.78 is 5.88. The van der Waals surface area contributed by atoms with Gasteiger partial charge in [-0.25, -0.2) is 4.98 Å². The summed E-state index contributed by atoms with van der Waals surface area (Å²) in [5, 5.41) is 10.8. The number of rotatable bonds is 3. The monoisotopic (exact) mass is 405 g/mol. The smallest absolute Gasteiger partial charge is 0.222 e. The first-order valence-corrected chi connectivity index (χ1v) is 10.2. The zero-order valence-corrected chi connectivity index (χ0v) is 17.2. The topological polar surface area (TPSA) is 87.7 Å². The van der Waals surface area contributed by atoms with E-state index in [2.05, 4.69) is 25.8 Å². The quantitative estimate of drug-likeness (QED) is 0.796. The van der Waals surface area contributed by atoms with Crippen LogP contribution in [0.1, 0.15) is 31.9 Å². The minimum Gasteiger partial charge on any atom is -0.386 e. The first kappa shape index (κ1) is 19.5. The van der Waals surface area contributed by atoms with Crippen molar-refractivity contribution < 1.29 is 9.84 Å². The van der Waals surface area contributed by atoms with Crippen molar-refractivity contribution >= 4 is 23.4 Å². The second-order valence-corrected chi connectivity index (χ2v) is 8.63. The fourth-order valence-electron chi connectivity index (χ4n) is 4.31. The molecule has 2 saturated heterocycles. The summed E-state index contributed by atoms with van der Waals surface area (Å²) in [5.74, 6) is 1.11. The summed E-state index contributed by atoms with van der Waals surface area (Å²) in [4.78, 5) is 13.1. The Labute approximate surface area is 170 Å². The number of ether oxygens (including phenoxy) is 1. The van der Waals surface area contributed by atoms with Crippen molar-refractivity contribution in [3.63, 3.8) is 0 Å². The number of nitrogens with zero attached hydrogens (tertiary/aromatic N) is 4. The van der Waals surface area contributed by atoms with Gasteiger partial charge in [0.25, 0.3) is 0 Å². The standard InChI is InChI=1S/C20H28ClN5O2/c1-13-8-18(24-19(22)23-13)26-6-3-7-28-10-17(26)15-5-4-14(9-16(15)21)25-11-20(2,27)12-25/h8-9,17,27H,3-7,10-12H2,1-2H3,(H2,22,23,24)/t17-/m1/s1. The van der Waals surface area contributed by atoms with Crippen LogP contribution in [0.15, 0.2) is 28.4 Å². The van der Waals surface area contributed by atoms with E-state index >= 15 is 0 Å². The number of aryl methyl sites for hydroxylation is 1. The maximum atomic E-state index is 10.0. The molecule has 2 fully saturated rings. The van der Waals surface area contributed by atoms with Crippen LogP contribution < -0.4 is 10.6 Å². The molecule has 0 bridgehead atoms. The summed E-state index contributed by atoms with van der Waals surface area (Å²) in [6.07, 6.45) is 4.76. The molecule has 3 N–H and O–H groups in total. The molecular formula is C20H28ClN5O2. The molecule has 0 aromatic carbocycles.